The number of pyridine rings is 1. The Morgan fingerprint density at radius 1 is 1.35 bits per heavy atom. The number of amides is 2. The SMILES string of the molecule is CC(C)c1ccc(NC(=O)N2CCCC2)nc1. The lowest BCUT2D eigenvalue weighted by molar-refractivity contribution is 0.222. The maximum atomic E-state index is 11.8. The normalized spacial score (nSPS) is 15.4. The average Bonchev–Trinajstić information content (AvgIpc) is 2.83. The maximum absolute atomic E-state index is 11.8. The van der Waals surface area contributed by atoms with E-state index in [0.29, 0.717) is 11.7 Å². The summed E-state index contributed by atoms with van der Waals surface area (Å²) in [6.45, 7) is 5.96. The fraction of sp³-hybridized carbons (Fsp3) is 0.538. The van der Waals surface area contributed by atoms with Crippen LogP contribution in [0.5, 0.6) is 0 Å². The molecule has 2 heterocycles. The van der Waals surface area contributed by atoms with Crippen molar-refractivity contribution < 1.29 is 4.79 Å². The first-order chi connectivity index (χ1) is 8.16. The van der Waals surface area contributed by atoms with Crippen molar-refractivity contribution in [1.82, 2.24) is 9.88 Å². The Hall–Kier alpha value is -1.58. The van der Waals surface area contributed by atoms with Crippen molar-refractivity contribution >= 4 is 11.8 Å². The molecule has 2 rings (SSSR count). The van der Waals surface area contributed by atoms with Gasteiger partial charge in [-0.25, -0.2) is 9.78 Å². The summed E-state index contributed by atoms with van der Waals surface area (Å²) in [5.41, 5.74) is 1.18. The Morgan fingerprint density at radius 2 is 2.06 bits per heavy atom. The first-order valence-corrected chi connectivity index (χ1v) is 6.18. The van der Waals surface area contributed by atoms with Crippen LogP contribution in [0.3, 0.4) is 0 Å². The van der Waals surface area contributed by atoms with Crippen LogP contribution >= 0.6 is 0 Å². The van der Waals surface area contributed by atoms with Crippen molar-refractivity contribution in [3.8, 4) is 0 Å². The van der Waals surface area contributed by atoms with Gasteiger partial charge in [0.05, 0.1) is 0 Å². The van der Waals surface area contributed by atoms with Gasteiger partial charge in [-0.3, -0.25) is 5.32 Å². The van der Waals surface area contributed by atoms with Crippen LogP contribution in [0, 0.1) is 0 Å². The van der Waals surface area contributed by atoms with E-state index >= 15 is 0 Å². The Labute approximate surface area is 102 Å². The molecular weight excluding hydrogens is 214 g/mol. The van der Waals surface area contributed by atoms with E-state index in [-0.39, 0.29) is 6.03 Å². The molecule has 92 valence electrons. The number of rotatable bonds is 2. The maximum Gasteiger partial charge on any atom is 0.323 e. The van der Waals surface area contributed by atoms with Crippen molar-refractivity contribution in [3.63, 3.8) is 0 Å². The quantitative estimate of drug-likeness (QED) is 0.853. The molecule has 1 fully saturated rings. The van der Waals surface area contributed by atoms with Crippen LogP contribution in [-0.4, -0.2) is 29.0 Å². The summed E-state index contributed by atoms with van der Waals surface area (Å²) in [5.74, 6) is 1.09. The van der Waals surface area contributed by atoms with Gasteiger partial charge < -0.3 is 4.90 Å². The minimum absolute atomic E-state index is 0.0349. The van der Waals surface area contributed by atoms with Gasteiger partial charge in [0, 0.05) is 19.3 Å². The van der Waals surface area contributed by atoms with Gasteiger partial charge in [-0.15, -0.1) is 0 Å². The number of urea groups is 1. The molecule has 1 aliphatic rings. The molecule has 4 heteroatoms. The highest BCUT2D eigenvalue weighted by atomic mass is 16.2. The second-order valence-electron chi connectivity index (χ2n) is 4.76. The van der Waals surface area contributed by atoms with Crippen molar-refractivity contribution in [2.75, 3.05) is 18.4 Å². The zero-order valence-electron chi connectivity index (χ0n) is 10.4. The molecule has 0 aromatic carbocycles. The Balaban J connectivity index is 1.96. The van der Waals surface area contributed by atoms with Gasteiger partial charge in [0.25, 0.3) is 0 Å². The van der Waals surface area contributed by atoms with E-state index < -0.39 is 0 Å². The number of hydrogen-bond donors (Lipinski definition) is 1. The number of aromatic nitrogens is 1. The third-order valence-corrected chi connectivity index (χ3v) is 3.08. The van der Waals surface area contributed by atoms with E-state index in [4.69, 9.17) is 0 Å². The molecule has 17 heavy (non-hydrogen) atoms. The second kappa shape index (κ2) is 5.17. The highest BCUT2D eigenvalue weighted by Crippen LogP contribution is 2.15. The van der Waals surface area contributed by atoms with Crippen LogP contribution in [0.15, 0.2) is 18.3 Å². The van der Waals surface area contributed by atoms with Crippen LogP contribution in [0.2, 0.25) is 0 Å². The summed E-state index contributed by atoms with van der Waals surface area (Å²) in [5, 5.41) is 2.83. The van der Waals surface area contributed by atoms with Crippen molar-refractivity contribution in [2.24, 2.45) is 0 Å². The summed E-state index contributed by atoms with van der Waals surface area (Å²) in [7, 11) is 0. The predicted molar refractivity (Wildman–Crippen MR) is 68.2 cm³/mol. The fourth-order valence-corrected chi connectivity index (χ4v) is 1.93. The number of carbonyl (C=O) groups is 1. The molecular formula is C13H19N3O. The largest absolute Gasteiger partial charge is 0.324 e. The lowest BCUT2D eigenvalue weighted by atomic mass is 10.1. The number of nitrogens with one attached hydrogen (secondary N) is 1. The minimum atomic E-state index is -0.0349. The summed E-state index contributed by atoms with van der Waals surface area (Å²) in [6.07, 6.45) is 4.03. The number of likely N-dealkylation sites (tertiary alicyclic amines) is 1. The second-order valence-corrected chi connectivity index (χ2v) is 4.76. The molecule has 0 aliphatic carbocycles. The van der Waals surface area contributed by atoms with Crippen molar-refractivity contribution in [1.29, 1.82) is 0 Å². The fourth-order valence-electron chi connectivity index (χ4n) is 1.93. The van der Waals surface area contributed by atoms with E-state index in [1.54, 1.807) is 0 Å². The first-order valence-electron chi connectivity index (χ1n) is 6.18. The Morgan fingerprint density at radius 3 is 2.59 bits per heavy atom. The van der Waals surface area contributed by atoms with Gasteiger partial charge in [-0.2, -0.15) is 0 Å². The number of anilines is 1. The topological polar surface area (TPSA) is 45.2 Å². The Bertz CT molecular complexity index is 380. The van der Waals surface area contributed by atoms with Gasteiger partial charge in [-0.05, 0) is 30.4 Å². The third-order valence-electron chi connectivity index (χ3n) is 3.08. The molecule has 1 N–H and O–H groups in total. The van der Waals surface area contributed by atoms with Crippen LogP contribution in [-0.2, 0) is 0 Å². The van der Waals surface area contributed by atoms with Crippen molar-refractivity contribution in [3.05, 3.63) is 23.9 Å². The Kier molecular flexibility index (Phi) is 3.61. The van der Waals surface area contributed by atoms with Crippen LogP contribution in [0.25, 0.3) is 0 Å². The molecule has 0 bridgehead atoms. The molecule has 4 nitrogen and oxygen atoms in total. The smallest absolute Gasteiger partial charge is 0.323 e. The first kappa shape index (κ1) is 11.9. The third kappa shape index (κ3) is 2.96. The van der Waals surface area contributed by atoms with Crippen LogP contribution in [0.4, 0.5) is 10.6 Å². The van der Waals surface area contributed by atoms with E-state index in [2.05, 4.69) is 24.1 Å². The summed E-state index contributed by atoms with van der Waals surface area (Å²) >= 11 is 0. The number of carbonyl (C=O) groups excluding carboxylic acids is 1. The molecule has 0 radical (unpaired) electrons. The predicted octanol–water partition coefficient (Wildman–Crippen LogP) is 2.83. The van der Waals surface area contributed by atoms with E-state index in [1.165, 1.54) is 5.56 Å². The van der Waals surface area contributed by atoms with Gasteiger partial charge in [0.1, 0.15) is 5.82 Å². The molecule has 1 aromatic heterocycles. The molecule has 1 aromatic rings. The average molecular weight is 233 g/mol. The highest BCUT2D eigenvalue weighted by molar-refractivity contribution is 5.88. The van der Waals surface area contributed by atoms with Crippen LogP contribution in [0.1, 0.15) is 38.2 Å². The monoisotopic (exact) mass is 233 g/mol. The molecule has 0 saturated carbocycles. The van der Waals surface area contributed by atoms with Gasteiger partial charge >= 0.3 is 6.03 Å². The number of hydrogen-bond acceptors (Lipinski definition) is 2. The van der Waals surface area contributed by atoms with Crippen molar-refractivity contribution in [2.45, 2.75) is 32.6 Å². The lowest BCUT2D eigenvalue weighted by Gasteiger charge is -2.15. The molecule has 0 atom stereocenters. The molecule has 0 unspecified atom stereocenters. The lowest BCUT2D eigenvalue weighted by Crippen LogP contribution is -2.32. The summed E-state index contributed by atoms with van der Waals surface area (Å²) in [6, 6.07) is 3.84. The van der Waals surface area contributed by atoms with E-state index in [1.807, 2.05) is 23.2 Å². The van der Waals surface area contributed by atoms with E-state index in [0.717, 1.165) is 25.9 Å². The summed E-state index contributed by atoms with van der Waals surface area (Å²) < 4.78 is 0. The zero-order valence-corrected chi connectivity index (χ0v) is 10.4. The molecule has 1 aliphatic heterocycles. The molecule has 1 saturated heterocycles. The standard InChI is InChI=1S/C13H19N3O/c1-10(2)11-5-6-12(14-9-11)15-13(17)16-7-3-4-8-16/h5-6,9-10H,3-4,7-8H2,1-2H3,(H,14,15,17). The van der Waals surface area contributed by atoms with Gasteiger partial charge in [-0.1, -0.05) is 19.9 Å². The number of nitrogens with zero attached hydrogens (tertiary/aromatic N) is 2. The van der Waals surface area contributed by atoms with Crippen LogP contribution < -0.4 is 5.32 Å². The summed E-state index contributed by atoms with van der Waals surface area (Å²) in [4.78, 5) is 17.9. The van der Waals surface area contributed by atoms with E-state index in [9.17, 15) is 4.79 Å². The molecule has 0 spiro atoms. The highest BCUT2D eigenvalue weighted by Gasteiger charge is 2.17. The minimum Gasteiger partial charge on any atom is -0.324 e. The zero-order chi connectivity index (χ0) is 12.3. The van der Waals surface area contributed by atoms with Gasteiger partial charge in [0.2, 0.25) is 0 Å². The van der Waals surface area contributed by atoms with Gasteiger partial charge in [0.15, 0.2) is 0 Å². The molecule has 2 amide bonds.